The lowest BCUT2D eigenvalue weighted by Crippen LogP contribution is -2.27. The summed E-state index contributed by atoms with van der Waals surface area (Å²) in [6, 6.07) is 0. The highest BCUT2D eigenvalue weighted by Crippen LogP contribution is 2.01. The first-order chi connectivity index (χ1) is 8.68. The van der Waals surface area contributed by atoms with Crippen molar-refractivity contribution in [2.75, 3.05) is 20.3 Å². The van der Waals surface area contributed by atoms with Crippen LogP contribution < -0.4 is 0 Å². The standard InChI is InChI=1S/C6H10N2O2.2H2O4S/c1-7-2-3-8(5-7)4-6(9)10;2*1-5(2,3)4/h2-3H,4-5H2,1H3,(H,9,10);2*(H2,1,2,3,4). The SMILES string of the molecule is CN1C=CN(CC(=O)O)C1.O=S(=O)(O)O.O=S(=O)(O)O. The minimum atomic E-state index is -4.67. The van der Waals surface area contributed by atoms with Gasteiger partial charge in [0.2, 0.25) is 0 Å². The van der Waals surface area contributed by atoms with E-state index >= 15 is 0 Å². The van der Waals surface area contributed by atoms with Crippen molar-refractivity contribution in [2.24, 2.45) is 0 Å². The van der Waals surface area contributed by atoms with Gasteiger partial charge in [0.15, 0.2) is 0 Å². The molecular formula is C6H14N2O10S2. The number of hydrogen-bond acceptors (Lipinski definition) is 7. The third-order valence-corrected chi connectivity index (χ3v) is 1.28. The average Bonchev–Trinajstić information content (AvgIpc) is 2.43. The summed E-state index contributed by atoms with van der Waals surface area (Å²) in [6.07, 6.45) is 3.62. The van der Waals surface area contributed by atoms with Crippen LogP contribution in [0.15, 0.2) is 12.4 Å². The summed E-state index contributed by atoms with van der Waals surface area (Å²) in [7, 11) is -7.43. The molecule has 0 amide bonds. The second-order valence-electron chi connectivity index (χ2n) is 3.23. The van der Waals surface area contributed by atoms with Crippen LogP contribution >= 0.6 is 0 Å². The lowest BCUT2D eigenvalue weighted by atomic mass is 10.6. The Bertz CT molecular complexity index is 478. The summed E-state index contributed by atoms with van der Waals surface area (Å²) in [5.41, 5.74) is 0. The smallest absolute Gasteiger partial charge is 0.394 e. The van der Waals surface area contributed by atoms with Gasteiger partial charge >= 0.3 is 26.8 Å². The third-order valence-electron chi connectivity index (χ3n) is 1.28. The van der Waals surface area contributed by atoms with Crippen LogP contribution in [0.25, 0.3) is 0 Å². The van der Waals surface area contributed by atoms with E-state index in [1.807, 2.05) is 18.1 Å². The largest absolute Gasteiger partial charge is 0.480 e. The van der Waals surface area contributed by atoms with Crippen LogP contribution in [0, 0.1) is 0 Å². The van der Waals surface area contributed by atoms with Crippen LogP contribution in [0.4, 0.5) is 0 Å². The fraction of sp³-hybridized carbons (Fsp3) is 0.500. The van der Waals surface area contributed by atoms with Crippen LogP contribution in [0.2, 0.25) is 0 Å². The van der Waals surface area contributed by atoms with Gasteiger partial charge in [-0.3, -0.25) is 23.0 Å². The van der Waals surface area contributed by atoms with E-state index in [9.17, 15) is 4.79 Å². The fourth-order valence-electron chi connectivity index (χ4n) is 0.865. The van der Waals surface area contributed by atoms with Gasteiger partial charge < -0.3 is 14.9 Å². The van der Waals surface area contributed by atoms with Crippen LogP contribution in [-0.4, -0.2) is 76.2 Å². The summed E-state index contributed by atoms with van der Waals surface area (Å²) >= 11 is 0. The van der Waals surface area contributed by atoms with Gasteiger partial charge in [-0.05, 0) is 0 Å². The molecule has 1 aliphatic heterocycles. The molecule has 0 aromatic carbocycles. The van der Waals surface area contributed by atoms with Crippen molar-refractivity contribution in [1.82, 2.24) is 9.80 Å². The zero-order valence-electron chi connectivity index (χ0n) is 10.1. The highest BCUT2D eigenvalue weighted by molar-refractivity contribution is 7.80. The predicted molar refractivity (Wildman–Crippen MR) is 64.5 cm³/mol. The van der Waals surface area contributed by atoms with Gasteiger partial charge in [-0.2, -0.15) is 16.8 Å². The van der Waals surface area contributed by atoms with Gasteiger partial charge in [-0.25, -0.2) is 0 Å². The number of hydrogen-bond donors (Lipinski definition) is 5. The van der Waals surface area contributed by atoms with Crippen LogP contribution in [0.3, 0.4) is 0 Å². The minimum Gasteiger partial charge on any atom is -0.480 e. The van der Waals surface area contributed by atoms with E-state index in [1.165, 1.54) is 0 Å². The monoisotopic (exact) mass is 338 g/mol. The van der Waals surface area contributed by atoms with Crippen LogP contribution in [-0.2, 0) is 25.6 Å². The minimum absolute atomic E-state index is 0.0842. The van der Waals surface area contributed by atoms with Gasteiger partial charge in [0.25, 0.3) is 0 Å². The third kappa shape index (κ3) is 30.0. The molecular weight excluding hydrogens is 324 g/mol. The lowest BCUT2D eigenvalue weighted by Gasteiger charge is -2.14. The molecule has 1 rings (SSSR count). The second kappa shape index (κ2) is 8.67. The molecule has 0 radical (unpaired) electrons. The molecule has 0 fully saturated rings. The molecule has 0 aromatic heterocycles. The Kier molecular flexibility index (Phi) is 9.04. The molecule has 20 heavy (non-hydrogen) atoms. The van der Waals surface area contributed by atoms with E-state index in [4.69, 9.17) is 40.2 Å². The van der Waals surface area contributed by atoms with Gasteiger partial charge in [0, 0.05) is 19.4 Å². The second-order valence-corrected chi connectivity index (χ2v) is 5.02. The van der Waals surface area contributed by atoms with E-state index in [0.29, 0.717) is 6.67 Å². The Morgan fingerprint density at radius 3 is 1.60 bits per heavy atom. The van der Waals surface area contributed by atoms with E-state index < -0.39 is 26.8 Å². The molecule has 0 saturated heterocycles. The number of carboxylic acids is 1. The molecule has 0 saturated carbocycles. The first-order valence-electron chi connectivity index (χ1n) is 4.42. The lowest BCUT2D eigenvalue weighted by molar-refractivity contribution is -0.137. The maximum Gasteiger partial charge on any atom is 0.394 e. The molecule has 14 heteroatoms. The Morgan fingerprint density at radius 1 is 1.05 bits per heavy atom. The zero-order valence-corrected chi connectivity index (χ0v) is 11.7. The molecule has 1 aliphatic rings. The van der Waals surface area contributed by atoms with E-state index in [2.05, 4.69) is 0 Å². The number of carbonyl (C=O) groups is 1. The molecule has 0 spiro atoms. The topological polar surface area (TPSA) is 193 Å². The zero-order chi connectivity index (χ0) is 16.6. The van der Waals surface area contributed by atoms with Gasteiger partial charge in [-0.15, -0.1) is 0 Å². The molecule has 0 aromatic rings. The number of nitrogens with zero attached hydrogens (tertiary/aromatic N) is 2. The Morgan fingerprint density at radius 2 is 1.40 bits per heavy atom. The Hall–Kier alpha value is -1.45. The molecule has 120 valence electrons. The molecule has 0 aliphatic carbocycles. The number of carboxylic acid groups (broad SMARTS) is 1. The summed E-state index contributed by atoms with van der Waals surface area (Å²) in [5.74, 6) is -0.792. The average molecular weight is 338 g/mol. The summed E-state index contributed by atoms with van der Waals surface area (Å²) in [6.45, 7) is 0.757. The molecule has 1 heterocycles. The van der Waals surface area contributed by atoms with E-state index in [-0.39, 0.29) is 6.54 Å². The molecule has 5 N–H and O–H groups in total. The first-order valence-corrected chi connectivity index (χ1v) is 7.22. The quantitative estimate of drug-likeness (QED) is 0.364. The Balaban J connectivity index is 0. The van der Waals surface area contributed by atoms with Crippen molar-refractivity contribution >= 4 is 26.8 Å². The fourth-order valence-corrected chi connectivity index (χ4v) is 0.865. The summed E-state index contributed by atoms with van der Waals surface area (Å²) in [4.78, 5) is 13.8. The summed E-state index contributed by atoms with van der Waals surface area (Å²) < 4.78 is 63.2. The predicted octanol–water partition coefficient (Wildman–Crippen LogP) is -1.56. The van der Waals surface area contributed by atoms with E-state index in [0.717, 1.165) is 0 Å². The first kappa shape index (κ1) is 20.9. The summed E-state index contributed by atoms with van der Waals surface area (Å²) in [5, 5.41) is 8.37. The van der Waals surface area contributed by atoms with Crippen LogP contribution in [0.1, 0.15) is 0 Å². The van der Waals surface area contributed by atoms with Gasteiger partial charge in [0.05, 0.1) is 6.67 Å². The molecule has 12 nitrogen and oxygen atoms in total. The number of aliphatic carboxylic acids is 1. The molecule has 0 bridgehead atoms. The van der Waals surface area contributed by atoms with Crippen molar-refractivity contribution in [2.45, 2.75) is 0 Å². The highest BCUT2D eigenvalue weighted by atomic mass is 32.3. The van der Waals surface area contributed by atoms with Crippen molar-refractivity contribution in [3.8, 4) is 0 Å². The maximum absolute atomic E-state index is 10.2. The van der Waals surface area contributed by atoms with Gasteiger partial charge in [0.1, 0.15) is 6.54 Å². The molecule has 0 unspecified atom stereocenters. The van der Waals surface area contributed by atoms with E-state index in [1.54, 1.807) is 11.1 Å². The Labute approximate surface area is 115 Å². The molecule has 0 atom stereocenters. The van der Waals surface area contributed by atoms with Crippen molar-refractivity contribution < 1.29 is 44.9 Å². The van der Waals surface area contributed by atoms with Crippen LogP contribution in [0.5, 0.6) is 0 Å². The maximum atomic E-state index is 10.2. The normalized spacial score (nSPS) is 14.1. The number of rotatable bonds is 2. The highest BCUT2D eigenvalue weighted by Gasteiger charge is 2.10. The van der Waals surface area contributed by atoms with Crippen molar-refractivity contribution in [1.29, 1.82) is 0 Å². The van der Waals surface area contributed by atoms with Crippen molar-refractivity contribution in [3.05, 3.63) is 12.4 Å². The van der Waals surface area contributed by atoms with Gasteiger partial charge in [-0.1, -0.05) is 0 Å². The van der Waals surface area contributed by atoms with Crippen molar-refractivity contribution in [3.63, 3.8) is 0 Å².